The zero-order chi connectivity index (χ0) is 16.4. The Balaban J connectivity index is 1.33. The van der Waals surface area contributed by atoms with Gasteiger partial charge in [-0.2, -0.15) is 5.10 Å². The van der Waals surface area contributed by atoms with Crippen molar-refractivity contribution < 1.29 is 9.53 Å². The van der Waals surface area contributed by atoms with Gasteiger partial charge in [-0.05, 0) is 18.9 Å². The summed E-state index contributed by atoms with van der Waals surface area (Å²) < 4.78 is 7.12. The van der Waals surface area contributed by atoms with E-state index in [2.05, 4.69) is 16.1 Å². The Bertz CT molecular complexity index is 702. The molecule has 0 atom stereocenters. The Morgan fingerprint density at radius 3 is 2.75 bits per heavy atom. The number of hydrogen-bond donors (Lipinski definition) is 0. The van der Waals surface area contributed by atoms with Crippen LogP contribution in [-0.4, -0.2) is 76.2 Å². The SMILES string of the molecule is O=C(CN1CCOCC1)N1CCC(c2ccn3nccc3n2)CC1. The van der Waals surface area contributed by atoms with Gasteiger partial charge in [0.25, 0.3) is 0 Å². The van der Waals surface area contributed by atoms with Crippen molar-refractivity contribution in [1.29, 1.82) is 0 Å². The van der Waals surface area contributed by atoms with E-state index in [0.717, 1.165) is 63.6 Å². The number of carbonyl (C=O) groups excluding carboxylic acids is 1. The minimum atomic E-state index is 0.245. The fourth-order valence-electron chi connectivity index (χ4n) is 3.53. The van der Waals surface area contributed by atoms with Crippen LogP contribution in [0.4, 0.5) is 0 Å². The minimum absolute atomic E-state index is 0.245. The molecule has 24 heavy (non-hydrogen) atoms. The Morgan fingerprint density at radius 1 is 1.17 bits per heavy atom. The number of ether oxygens (including phenoxy) is 1. The number of piperidine rings is 1. The van der Waals surface area contributed by atoms with Crippen LogP contribution in [0.3, 0.4) is 0 Å². The third kappa shape index (κ3) is 3.27. The fourth-order valence-corrected chi connectivity index (χ4v) is 3.53. The van der Waals surface area contributed by atoms with Crippen LogP contribution in [0.1, 0.15) is 24.5 Å². The summed E-state index contributed by atoms with van der Waals surface area (Å²) in [6.45, 7) is 5.35. The molecular formula is C17H23N5O2. The van der Waals surface area contributed by atoms with E-state index >= 15 is 0 Å². The number of rotatable bonds is 3. The number of hydrogen-bond acceptors (Lipinski definition) is 5. The molecule has 2 fully saturated rings. The molecule has 2 saturated heterocycles. The van der Waals surface area contributed by atoms with Gasteiger partial charge < -0.3 is 9.64 Å². The van der Waals surface area contributed by atoms with E-state index in [1.807, 2.05) is 17.2 Å². The lowest BCUT2D eigenvalue weighted by molar-refractivity contribution is -0.134. The average molecular weight is 329 g/mol. The molecule has 0 spiro atoms. The first-order valence-electron chi connectivity index (χ1n) is 8.68. The van der Waals surface area contributed by atoms with Crippen molar-refractivity contribution in [3.63, 3.8) is 0 Å². The summed E-state index contributed by atoms with van der Waals surface area (Å²) in [5.41, 5.74) is 2.00. The maximum Gasteiger partial charge on any atom is 0.236 e. The van der Waals surface area contributed by atoms with Crippen molar-refractivity contribution >= 4 is 11.6 Å². The van der Waals surface area contributed by atoms with Crippen molar-refractivity contribution in [3.05, 3.63) is 30.2 Å². The van der Waals surface area contributed by atoms with E-state index in [4.69, 9.17) is 9.72 Å². The van der Waals surface area contributed by atoms with Crippen LogP contribution in [0.2, 0.25) is 0 Å². The largest absolute Gasteiger partial charge is 0.379 e. The summed E-state index contributed by atoms with van der Waals surface area (Å²) in [7, 11) is 0. The van der Waals surface area contributed by atoms with E-state index in [1.54, 1.807) is 10.7 Å². The van der Waals surface area contributed by atoms with Crippen LogP contribution < -0.4 is 0 Å². The smallest absolute Gasteiger partial charge is 0.236 e. The summed E-state index contributed by atoms with van der Waals surface area (Å²) in [5.74, 6) is 0.673. The first-order chi connectivity index (χ1) is 11.8. The lowest BCUT2D eigenvalue weighted by Crippen LogP contribution is -2.46. The van der Waals surface area contributed by atoms with Crippen molar-refractivity contribution in [2.75, 3.05) is 45.9 Å². The minimum Gasteiger partial charge on any atom is -0.379 e. The Kier molecular flexibility index (Phi) is 4.44. The molecule has 7 heteroatoms. The molecule has 7 nitrogen and oxygen atoms in total. The number of likely N-dealkylation sites (tertiary alicyclic amines) is 1. The molecule has 0 aromatic carbocycles. The van der Waals surface area contributed by atoms with E-state index in [1.165, 1.54) is 0 Å². The van der Waals surface area contributed by atoms with Gasteiger partial charge in [0.2, 0.25) is 5.91 Å². The molecule has 0 unspecified atom stereocenters. The van der Waals surface area contributed by atoms with Crippen LogP contribution >= 0.6 is 0 Å². The van der Waals surface area contributed by atoms with Gasteiger partial charge in [0, 0.05) is 50.1 Å². The average Bonchev–Trinajstić information content (AvgIpc) is 3.10. The number of fused-ring (bicyclic) bond motifs is 1. The van der Waals surface area contributed by atoms with Crippen molar-refractivity contribution in [2.45, 2.75) is 18.8 Å². The van der Waals surface area contributed by atoms with Crippen LogP contribution in [0.25, 0.3) is 5.65 Å². The highest BCUT2D eigenvalue weighted by Gasteiger charge is 2.26. The molecule has 0 N–H and O–H groups in total. The van der Waals surface area contributed by atoms with Gasteiger partial charge in [0.15, 0.2) is 5.65 Å². The van der Waals surface area contributed by atoms with E-state index in [9.17, 15) is 4.79 Å². The molecule has 1 amide bonds. The third-order valence-corrected chi connectivity index (χ3v) is 5.01. The number of aromatic nitrogens is 3. The highest BCUT2D eigenvalue weighted by molar-refractivity contribution is 5.78. The van der Waals surface area contributed by atoms with Gasteiger partial charge in [-0.15, -0.1) is 0 Å². The second kappa shape index (κ2) is 6.86. The maximum atomic E-state index is 12.5. The molecule has 0 saturated carbocycles. The van der Waals surface area contributed by atoms with Gasteiger partial charge in [0.05, 0.1) is 26.0 Å². The zero-order valence-electron chi connectivity index (χ0n) is 13.8. The lowest BCUT2D eigenvalue weighted by atomic mass is 9.93. The highest BCUT2D eigenvalue weighted by atomic mass is 16.5. The Hall–Kier alpha value is -1.99. The van der Waals surface area contributed by atoms with Gasteiger partial charge in [-0.1, -0.05) is 0 Å². The molecule has 4 heterocycles. The first-order valence-corrected chi connectivity index (χ1v) is 8.68. The maximum absolute atomic E-state index is 12.5. The molecule has 2 aromatic heterocycles. The third-order valence-electron chi connectivity index (χ3n) is 5.01. The van der Waals surface area contributed by atoms with Crippen LogP contribution in [0.15, 0.2) is 24.5 Å². The van der Waals surface area contributed by atoms with Gasteiger partial charge in [-0.25, -0.2) is 9.50 Å². The number of morpholine rings is 1. The Morgan fingerprint density at radius 2 is 1.96 bits per heavy atom. The summed E-state index contributed by atoms with van der Waals surface area (Å²) in [5, 5.41) is 4.18. The summed E-state index contributed by atoms with van der Waals surface area (Å²) in [6.07, 6.45) is 5.69. The number of amides is 1. The highest BCUT2D eigenvalue weighted by Crippen LogP contribution is 2.27. The van der Waals surface area contributed by atoms with E-state index in [0.29, 0.717) is 12.5 Å². The molecule has 0 bridgehead atoms. The number of nitrogens with zero attached hydrogens (tertiary/aromatic N) is 5. The molecule has 0 aliphatic carbocycles. The van der Waals surface area contributed by atoms with Gasteiger partial charge >= 0.3 is 0 Å². The predicted octanol–water partition coefficient (Wildman–Crippen LogP) is 0.767. The van der Waals surface area contributed by atoms with Crippen molar-refractivity contribution in [1.82, 2.24) is 24.4 Å². The normalized spacial score (nSPS) is 20.6. The zero-order valence-corrected chi connectivity index (χ0v) is 13.8. The molecule has 2 aliphatic rings. The first kappa shape index (κ1) is 15.5. The standard InChI is InChI=1S/C17H23N5O2/c23-17(13-20-9-11-24-12-10-20)21-6-2-14(3-7-21)15-4-8-22-16(19-15)1-5-18-22/h1,4-5,8,14H,2-3,6-7,9-13H2. The van der Waals surface area contributed by atoms with Gasteiger partial charge in [-0.3, -0.25) is 9.69 Å². The van der Waals surface area contributed by atoms with Crippen LogP contribution in [-0.2, 0) is 9.53 Å². The predicted molar refractivity (Wildman–Crippen MR) is 88.8 cm³/mol. The fraction of sp³-hybridized carbons (Fsp3) is 0.588. The molecule has 128 valence electrons. The number of carbonyl (C=O) groups is 1. The van der Waals surface area contributed by atoms with Gasteiger partial charge in [0.1, 0.15) is 0 Å². The van der Waals surface area contributed by atoms with Crippen molar-refractivity contribution in [2.24, 2.45) is 0 Å². The van der Waals surface area contributed by atoms with Crippen LogP contribution in [0.5, 0.6) is 0 Å². The Labute approximate surface area is 141 Å². The molecule has 2 aliphatic heterocycles. The monoisotopic (exact) mass is 329 g/mol. The van der Waals surface area contributed by atoms with E-state index < -0.39 is 0 Å². The topological polar surface area (TPSA) is 63.0 Å². The second-order valence-corrected chi connectivity index (χ2v) is 6.53. The van der Waals surface area contributed by atoms with E-state index in [-0.39, 0.29) is 5.91 Å². The van der Waals surface area contributed by atoms with Crippen molar-refractivity contribution in [3.8, 4) is 0 Å². The quantitative estimate of drug-likeness (QED) is 0.832. The summed E-state index contributed by atoms with van der Waals surface area (Å²) in [6, 6.07) is 3.97. The van der Waals surface area contributed by atoms with Crippen LogP contribution in [0, 0.1) is 0 Å². The molecule has 2 aromatic rings. The molecule has 0 radical (unpaired) electrons. The second-order valence-electron chi connectivity index (χ2n) is 6.53. The molecular weight excluding hydrogens is 306 g/mol. The summed E-state index contributed by atoms with van der Waals surface area (Å²) >= 11 is 0. The summed E-state index contributed by atoms with van der Waals surface area (Å²) in [4.78, 5) is 21.4. The lowest BCUT2D eigenvalue weighted by Gasteiger charge is -2.34. The molecule has 4 rings (SSSR count).